The van der Waals surface area contributed by atoms with Crippen LogP contribution in [0.15, 0.2) is 41.8 Å². The molecule has 1 aromatic carbocycles. The van der Waals surface area contributed by atoms with Crippen LogP contribution in [0, 0.1) is 0 Å². The predicted molar refractivity (Wildman–Crippen MR) is 103 cm³/mol. The van der Waals surface area contributed by atoms with E-state index in [9.17, 15) is 4.79 Å². The molecule has 128 valence electrons. The maximum Gasteiger partial charge on any atom is 0.228 e. The molecule has 2 heteroatoms. The molecule has 1 aromatic rings. The number of hydrogen-bond donors (Lipinski definition) is 0. The van der Waals surface area contributed by atoms with Gasteiger partial charge in [-0.05, 0) is 46.6 Å². The average Bonchev–Trinajstić information content (AvgIpc) is 3.00. The number of nitrogens with zero attached hydrogens (tertiary/aromatic N) is 1. The van der Waals surface area contributed by atoms with Crippen molar-refractivity contribution in [2.45, 2.75) is 66.2 Å². The van der Waals surface area contributed by atoms with E-state index in [1.807, 2.05) is 23.1 Å². The monoisotopic (exact) mass is 323 g/mol. The van der Waals surface area contributed by atoms with Gasteiger partial charge in [-0.3, -0.25) is 9.69 Å². The van der Waals surface area contributed by atoms with Crippen molar-refractivity contribution < 1.29 is 4.79 Å². The summed E-state index contributed by atoms with van der Waals surface area (Å²) in [5.41, 5.74) is 8.85. The standard InChI is InChI=1S/C22H29NO/c1-14(2)18-12-20(15(3)4)22(21(13-18)16(5)6)23(17(7)24)19-10-8-9-11-19/h8-10,12-16H,1-7H3. The molecule has 0 fully saturated rings. The average molecular weight is 323 g/mol. The van der Waals surface area contributed by atoms with Gasteiger partial charge in [0, 0.05) is 6.92 Å². The van der Waals surface area contributed by atoms with Crippen LogP contribution in [-0.4, -0.2) is 5.91 Å². The van der Waals surface area contributed by atoms with Crippen molar-refractivity contribution in [3.05, 3.63) is 58.5 Å². The molecule has 2 rings (SSSR count). The van der Waals surface area contributed by atoms with Gasteiger partial charge in [-0.2, -0.15) is 0 Å². The van der Waals surface area contributed by atoms with Crippen molar-refractivity contribution >= 4 is 11.6 Å². The van der Waals surface area contributed by atoms with Crippen molar-refractivity contribution in [3.63, 3.8) is 0 Å². The van der Waals surface area contributed by atoms with Crippen LogP contribution in [0.25, 0.3) is 0 Å². The Morgan fingerprint density at radius 3 is 1.83 bits per heavy atom. The van der Waals surface area contributed by atoms with Crippen molar-refractivity contribution in [3.8, 4) is 0 Å². The lowest BCUT2D eigenvalue weighted by molar-refractivity contribution is -0.116. The van der Waals surface area contributed by atoms with E-state index in [1.165, 1.54) is 16.7 Å². The molecule has 1 aliphatic rings. The topological polar surface area (TPSA) is 20.3 Å². The second-order valence-electron chi connectivity index (χ2n) is 7.42. The van der Waals surface area contributed by atoms with Gasteiger partial charge in [0.25, 0.3) is 0 Å². The van der Waals surface area contributed by atoms with Crippen LogP contribution in [0.1, 0.15) is 82.9 Å². The van der Waals surface area contributed by atoms with Gasteiger partial charge in [-0.25, -0.2) is 0 Å². The first-order valence-corrected chi connectivity index (χ1v) is 8.85. The number of rotatable bonds is 5. The summed E-state index contributed by atoms with van der Waals surface area (Å²) in [6, 6.07) is 4.55. The number of carbonyl (C=O) groups excluding carboxylic acids is 1. The van der Waals surface area contributed by atoms with Crippen LogP contribution in [0.4, 0.5) is 5.69 Å². The van der Waals surface area contributed by atoms with E-state index in [0.29, 0.717) is 17.8 Å². The number of carbonyl (C=O) groups is 1. The molecule has 0 aliphatic heterocycles. The van der Waals surface area contributed by atoms with Gasteiger partial charge in [0.05, 0.1) is 11.4 Å². The van der Waals surface area contributed by atoms with E-state index in [1.54, 1.807) is 6.92 Å². The van der Waals surface area contributed by atoms with Gasteiger partial charge in [-0.1, -0.05) is 65.5 Å². The van der Waals surface area contributed by atoms with E-state index in [-0.39, 0.29) is 5.91 Å². The van der Waals surface area contributed by atoms with Crippen LogP contribution >= 0.6 is 0 Å². The SMILES string of the molecule is CC(=O)N(C1=C=CC=C1)c1c(C(C)C)cc(C(C)C)cc1C(C)C. The zero-order valence-corrected chi connectivity index (χ0v) is 16.0. The minimum absolute atomic E-state index is 0.0264. The van der Waals surface area contributed by atoms with Crippen molar-refractivity contribution in [1.82, 2.24) is 0 Å². The maximum absolute atomic E-state index is 12.5. The van der Waals surface area contributed by atoms with E-state index < -0.39 is 0 Å². The Hall–Kier alpha value is -2.05. The van der Waals surface area contributed by atoms with E-state index in [0.717, 1.165) is 11.4 Å². The largest absolute Gasteiger partial charge is 0.274 e. The van der Waals surface area contributed by atoms with Gasteiger partial charge in [0.2, 0.25) is 5.91 Å². The Morgan fingerprint density at radius 2 is 1.50 bits per heavy atom. The first-order valence-electron chi connectivity index (χ1n) is 8.85. The van der Waals surface area contributed by atoms with E-state index in [4.69, 9.17) is 0 Å². The quantitative estimate of drug-likeness (QED) is 0.607. The highest BCUT2D eigenvalue weighted by Gasteiger charge is 2.26. The zero-order valence-electron chi connectivity index (χ0n) is 16.0. The lowest BCUT2D eigenvalue weighted by atomic mass is 9.86. The Morgan fingerprint density at radius 1 is 0.958 bits per heavy atom. The number of benzene rings is 1. The minimum atomic E-state index is 0.0264. The van der Waals surface area contributed by atoms with Crippen molar-refractivity contribution in [1.29, 1.82) is 0 Å². The fraction of sp³-hybridized carbons (Fsp3) is 0.455. The Balaban J connectivity index is 2.80. The molecule has 0 saturated heterocycles. The molecule has 1 aliphatic carbocycles. The summed E-state index contributed by atoms with van der Waals surface area (Å²) >= 11 is 0. The molecule has 0 unspecified atom stereocenters. The first-order chi connectivity index (χ1) is 11.2. The molecule has 0 heterocycles. The van der Waals surface area contributed by atoms with Crippen LogP contribution in [0.5, 0.6) is 0 Å². The summed E-state index contributed by atoms with van der Waals surface area (Å²) in [5.74, 6) is 1.17. The molecule has 0 spiro atoms. The number of amides is 1. The summed E-state index contributed by atoms with van der Waals surface area (Å²) in [7, 11) is 0. The molecule has 1 amide bonds. The first kappa shape index (κ1) is 18.3. The Bertz CT molecular complexity index is 699. The number of allylic oxidation sites excluding steroid dienone is 2. The van der Waals surface area contributed by atoms with Gasteiger partial charge in [-0.15, -0.1) is 0 Å². The Labute approximate surface area is 146 Å². The summed E-state index contributed by atoms with van der Waals surface area (Å²) in [5, 5.41) is 0. The lowest BCUT2D eigenvalue weighted by Crippen LogP contribution is -2.29. The lowest BCUT2D eigenvalue weighted by Gasteiger charge is -2.30. The summed E-state index contributed by atoms with van der Waals surface area (Å²) in [6.45, 7) is 14.8. The normalized spacial score (nSPS) is 13.3. The third-order valence-corrected chi connectivity index (χ3v) is 4.46. The molecule has 0 atom stereocenters. The van der Waals surface area contributed by atoms with Gasteiger partial charge in [0.15, 0.2) is 0 Å². The van der Waals surface area contributed by atoms with Crippen LogP contribution < -0.4 is 4.90 Å². The number of anilines is 1. The molecule has 24 heavy (non-hydrogen) atoms. The minimum Gasteiger partial charge on any atom is -0.274 e. The fourth-order valence-electron chi connectivity index (χ4n) is 3.08. The Kier molecular flexibility index (Phi) is 5.51. The fourth-order valence-corrected chi connectivity index (χ4v) is 3.08. The van der Waals surface area contributed by atoms with E-state index in [2.05, 4.69) is 59.4 Å². The van der Waals surface area contributed by atoms with Gasteiger partial charge >= 0.3 is 0 Å². The van der Waals surface area contributed by atoms with Crippen molar-refractivity contribution in [2.75, 3.05) is 4.90 Å². The summed E-state index contributed by atoms with van der Waals surface area (Å²) < 4.78 is 0. The van der Waals surface area contributed by atoms with Gasteiger partial charge < -0.3 is 0 Å². The molecular formula is C22H29NO. The van der Waals surface area contributed by atoms with Gasteiger partial charge in [0.1, 0.15) is 0 Å². The van der Waals surface area contributed by atoms with E-state index >= 15 is 0 Å². The van der Waals surface area contributed by atoms with Crippen LogP contribution in [0.2, 0.25) is 0 Å². The van der Waals surface area contributed by atoms with Crippen molar-refractivity contribution in [2.24, 2.45) is 0 Å². The highest BCUT2D eigenvalue weighted by molar-refractivity contribution is 5.97. The summed E-state index contributed by atoms with van der Waals surface area (Å²) in [4.78, 5) is 14.3. The van der Waals surface area contributed by atoms with Crippen LogP contribution in [-0.2, 0) is 4.79 Å². The third kappa shape index (κ3) is 3.55. The molecule has 0 N–H and O–H groups in total. The molecule has 0 radical (unpaired) electrons. The zero-order chi connectivity index (χ0) is 18.0. The summed E-state index contributed by atoms with van der Waals surface area (Å²) in [6.07, 6.45) is 5.74. The molecule has 0 bridgehead atoms. The predicted octanol–water partition coefficient (Wildman–Crippen LogP) is 6.02. The van der Waals surface area contributed by atoms with Crippen LogP contribution in [0.3, 0.4) is 0 Å². The second kappa shape index (κ2) is 7.23. The molecule has 2 nitrogen and oxygen atoms in total. The maximum atomic E-state index is 12.5. The number of hydrogen-bond acceptors (Lipinski definition) is 1. The highest BCUT2D eigenvalue weighted by Crippen LogP contribution is 2.40. The second-order valence-corrected chi connectivity index (χ2v) is 7.42. The molecule has 0 aromatic heterocycles. The third-order valence-electron chi connectivity index (χ3n) is 4.46. The molecule has 0 saturated carbocycles. The highest BCUT2D eigenvalue weighted by atomic mass is 16.2. The smallest absolute Gasteiger partial charge is 0.228 e. The molecular weight excluding hydrogens is 294 g/mol.